The first-order chi connectivity index (χ1) is 10.3. The van der Waals surface area contributed by atoms with Gasteiger partial charge in [-0.3, -0.25) is 4.79 Å². The highest BCUT2D eigenvalue weighted by Gasteiger charge is 2.14. The fourth-order valence-electron chi connectivity index (χ4n) is 3.12. The fourth-order valence-corrected chi connectivity index (χ4v) is 3.12. The molecule has 116 valence electrons. The number of hydrogen-bond acceptors (Lipinski definition) is 2. The van der Waals surface area contributed by atoms with Gasteiger partial charge in [0, 0.05) is 13.0 Å². The van der Waals surface area contributed by atoms with E-state index < -0.39 is 6.10 Å². The Morgan fingerprint density at radius 2 is 1.90 bits per heavy atom. The molecule has 21 heavy (non-hydrogen) atoms. The quantitative estimate of drug-likeness (QED) is 0.806. The molecule has 1 aliphatic rings. The molecule has 3 nitrogen and oxygen atoms in total. The molecule has 1 amide bonds. The Bertz CT molecular complexity index is 412. The van der Waals surface area contributed by atoms with Gasteiger partial charge in [-0.25, -0.2) is 0 Å². The van der Waals surface area contributed by atoms with E-state index in [2.05, 4.69) is 5.32 Å². The lowest BCUT2D eigenvalue weighted by atomic mass is 9.86. The summed E-state index contributed by atoms with van der Waals surface area (Å²) in [7, 11) is 0. The van der Waals surface area contributed by atoms with Crippen molar-refractivity contribution in [1.82, 2.24) is 5.32 Å². The molecule has 1 fully saturated rings. The lowest BCUT2D eigenvalue weighted by molar-refractivity contribution is -0.121. The van der Waals surface area contributed by atoms with Crippen molar-refractivity contribution >= 4 is 5.91 Å². The second-order valence-corrected chi connectivity index (χ2v) is 6.13. The molecule has 0 radical (unpaired) electrons. The largest absolute Gasteiger partial charge is 0.387 e. The van der Waals surface area contributed by atoms with Crippen LogP contribution in [-0.2, 0) is 4.79 Å². The van der Waals surface area contributed by atoms with E-state index >= 15 is 0 Å². The van der Waals surface area contributed by atoms with Crippen molar-refractivity contribution in [2.75, 3.05) is 6.54 Å². The Balaban J connectivity index is 1.59. The van der Waals surface area contributed by atoms with Crippen LogP contribution in [0.25, 0.3) is 0 Å². The zero-order chi connectivity index (χ0) is 14.9. The maximum atomic E-state index is 11.8. The van der Waals surface area contributed by atoms with Crippen molar-refractivity contribution < 1.29 is 9.90 Å². The summed E-state index contributed by atoms with van der Waals surface area (Å²) in [5.74, 6) is 0.891. The summed E-state index contributed by atoms with van der Waals surface area (Å²) >= 11 is 0. The van der Waals surface area contributed by atoms with Gasteiger partial charge in [0.2, 0.25) is 5.91 Å². The molecule has 1 aliphatic carbocycles. The van der Waals surface area contributed by atoms with Crippen LogP contribution in [0.4, 0.5) is 0 Å². The molecule has 2 N–H and O–H groups in total. The van der Waals surface area contributed by atoms with Crippen molar-refractivity contribution in [2.45, 2.75) is 57.5 Å². The number of amides is 1. The highest BCUT2D eigenvalue weighted by atomic mass is 16.3. The molecule has 1 saturated carbocycles. The van der Waals surface area contributed by atoms with Gasteiger partial charge < -0.3 is 10.4 Å². The molecule has 0 saturated heterocycles. The number of nitrogens with one attached hydrogen (secondary N) is 1. The summed E-state index contributed by atoms with van der Waals surface area (Å²) in [5, 5.41) is 12.8. The zero-order valence-corrected chi connectivity index (χ0v) is 12.8. The number of carbonyl (C=O) groups is 1. The minimum Gasteiger partial charge on any atom is -0.387 e. The Kier molecular flexibility index (Phi) is 6.74. The fraction of sp³-hybridized carbons (Fsp3) is 0.611. The van der Waals surface area contributed by atoms with E-state index in [1.54, 1.807) is 0 Å². The third-order valence-corrected chi connectivity index (χ3v) is 4.42. The number of carbonyl (C=O) groups excluding carboxylic acids is 1. The molecule has 0 aromatic heterocycles. The standard InChI is InChI=1S/C18H27NO2/c20-17(16-11-5-2-6-12-16)14-19-18(21)13-7-10-15-8-3-1-4-9-15/h2,5-6,11-12,15,17,20H,1,3-4,7-10,13-14H2,(H,19,21). The predicted molar refractivity (Wildman–Crippen MR) is 84.8 cm³/mol. The van der Waals surface area contributed by atoms with E-state index in [-0.39, 0.29) is 5.91 Å². The molecular formula is C18H27NO2. The van der Waals surface area contributed by atoms with E-state index in [0.29, 0.717) is 13.0 Å². The minimum atomic E-state index is -0.617. The molecule has 2 rings (SSSR count). The van der Waals surface area contributed by atoms with Crippen molar-refractivity contribution in [3.8, 4) is 0 Å². The average Bonchev–Trinajstić information content (AvgIpc) is 2.54. The zero-order valence-electron chi connectivity index (χ0n) is 12.8. The van der Waals surface area contributed by atoms with Crippen molar-refractivity contribution in [3.63, 3.8) is 0 Å². The van der Waals surface area contributed by atoms with Crippen LogP contribution in [0.5, 0.6) is 0 Å². The van der Waals surface area contributed by atoms with Gasteiger partial charge in [-0.05, 0) is 24.3 Å². The molecule has 3 heteroatoms. The van der Waals surface area contributed by atoms with Gasteiger partial charge in [-0.2, -0.15) is 0 Å². The maximum absolute atomic E-state index is 11.8. The second kappa shape index (κ2) is 8.83. The summed E-state index contributed by atoms with van der Waals surface area (Å²) in [6, 6.07) is 9.45. The smallest absolute Gasteiger partial charge is 0.220 e. The van der Waals surface area contributed by atoms with Gasteiger partial charge >= 0.3 is 0 Å². The number of hydrogen-bond donors (Lipinski definition) is 2. The molecule has 0 heterocycles. The maximum Gasteiger partial charge on any atom is 0.220 e. The average molecular weight is 289 g/mol. The number of aliphatic hydroxyl groups excluding tert-OH is 1. The SMILES string of the molecule is O=C(CCCC1CCCCC1)NCC(O)c1ccccc1. The molecule has 1 aromatic rings. The topological polar surface area (TPSA) is 49.3 Å². The first kappa shape index (κ1) is 16.0. The Morgan fingerprint density at radius 3 is 2.62 bits per heavy atom. The van der Waals surface area contributed by atoms with E-state index in [0.717, 1.165) is 17.9 Å². The Morgan fingerprint density at radius 1 is 1.19 bits per heavy atom. The first-order valence-corrected chi connectivity index (χ1v) is 8.25. The van der Waals surface area contributed by atoms with E-state index in [1.807, 2.05) is 30.3 Å². The van der Waals surface area contributed by atoms with Gasteiger partial charge in [-0.15, -0.1) is 0 Å². The molecule has 1 unspecified atom stereocenters. The second-order valence-electron chi connectivity index (χ2n) is 6.13. The van der Waals surface area contributed by atoms with E-state index in [9.17, 15) is 9.90 Å². The molecule has 0 spiro atoms. The van der Waals surface area contributed by atoms with Crippen LogP contribution in [0.2, 0.25) is 0 Å². The summed E-state index contributed by atoms with van der Waals surface area (Å²) in [6.07, 6.45) is 8.90. The third kappa shape index (κ3) is 5.88. The van der Waals surface area contributed by atoms with E-state index in [1.165, 1.54) is 38.5 Å². The van der Waals surface area contributed by atoms with Gasteiger partial charge in [0.15, 0.2) is 0 Å². The predicted octanol–water partition coefficient (Wildman–Crippen LogP) is 3.59. The molecule has 0 aliphatic heterocycles. The summed E-state index contributed by atoms with van der Waals surface area (Å²) < 4.78 is 0. The van der Waals surface area contributed by atoms with Crippen molar-refractivity contribution in [3.05, 3.63) is 35.9 Å². The van der Waals surface area contributed by atoms with Gasteiger partial charge in [0.1, 0.15) is 0 Å². The molecule has 1 atom stereocenters. The van der Waals surface area contributed by atoms with Gasteiger partial charge in [0.25, 0.3) is 0 Å². The minimum absolute atomic E-state index is 0.0563. The summed E-state index contributed by atoms with van der Waals surface area (Å²) in [4.78, 5) is 11.8. The number of aliphatic hydroxyl groups is 1. The highest BCUT2D eigenvalue weighted by molar-refractivity contribution is 5.75. The highest BCUT2D eigenvalue weighted by Crippen LogP contribution is 2.27. The van der Waals surface area contributed by atoms with Crippen LogP contribution in [0, 0.1) is 5.92 Å². The molecule has 1 aromatic carbocycles. The number of benzene rings is 1. The van der Waals surface area contributed by atoms with Crippen molar-refractivity contribution in [1.29, 1.82) is 0 Å². The lowest BCUT2D eigenvalue weighted by Gasteiger charge is -2.21. The number of rotatable bonds is 7. The normalized spacial score (nSPS) is 17.4. The van der Waals surface area contributed by atoms with E-state index in [4.69, 9.17) is 0 Å². The van der Waals surface area contributed by atoms with Gasteiger partial charge in [-0.1, -0.05) is 62.4 Å². The first-order valence-electron chi connectivity index (χ1n) is 8.25. The van der Waals surface area contributed by atoms with Gasteiger partial charge in [0.05, 0.1) is 6.10 Å². The van der Waals surface area contributed by atoms with Crippen LogP contribution in [-0.4, -0.2) is 17.6 Å². The van der Waals surface area contributed by atoms with Crippen LogP contribution in [0.3, 0.4) is 0 Å². The molecule has 0 bridgehead atoms. The lowest BCUT2D eigenvalue weighted by Crippen LogP contribution is -2.28. The monoisotopic (exact) mass is 289 g/mol. The summed E-state index contributed by atoms with van der Waals surface area (Å²) in [6.45, 7) is 0.298. The van der Waals surface area contributed by atoms with Crippen molar-refractivity contribution in [2.24, 2.45) is 5.92 Å². The molecular weight excluding hydrogens is 262 g/mol. The van der Waals surface area contributed by atoms with Crippen LogP contribution in [0.15, 0.2) is 30.3 Å². The Hall–Kier alpha value is -1.35. The van der Waals surface area contributed by atoms with Crippen LogP contribution >= 0.6 is 0 Å². The van der Waals surface area contributed by atoms with Crippen LogP contribution in [0.1, 0.15) is 63.0 Å². The third-order valence-electron chi connectivity index (χ3n) is 4.42. The summed E-state index contributed by atoms with van der Waals surface area (Å²) in [5.41, 5.74) is 0.847. The van der Waals surface area contributed by atoms with Crippen LogP contribution < -0.4 is 5.32 Å². The Labute approximate surface area is 127 Å².